The Morgan fingerprint density at radius 1 is 1.35 bits per heavy atom. The van der Waals surface area contributed by atoms with Gasteiger partial charge in [-0.15, -0.1) is 0 Å². The van der Waals surface area contributed by atoms with Crippen LogP contribution in [-0.2, 0) is 0 Å². The molecule has 0 aromatic heterocycles. The standard InChI is InChI=1S/C14H29N3/c1-4-15-8-12(2)9-17-11-14-6-5-7-16(14)10-13(17)3/h12-15H,4-11H2,1-3H3. The molecule has 2 fully saturated rings. The molecular formula is C14H29N3. The maximum absolute atomic E-state index is 3.46. The van der Waals surface area contributed by atoms with Crippen LogP contribution in [0.1, 0.15) is 33.6 Å². The van der Waals surface area contributed by atoms with Crippen LogP contribution in [0.2, 0.25) is 0 Å². The number of piperazine rings is 1. The highest BCUT2D eigenvalue weighted by molar-refractivity contribution is 4.90. The van der Waals surface area contributed by atoms with Gasteiger partial charge in [0, 0.05) is 31.7 Å². The molecule has 2 aliphatic rings. The molecule has 3 unspecified atom stereocenters. The molecule has 1 N–H and O–H groups in total. The van der Waals surface area contributed by atoms with Crippen molar-refractivity contribution >= 4 is 0 Å². The van der Waals surface area contributed by atoms with Crippen molar-refractivity contribution in [3.8, 4) is 0 Å². The minimum atomic E-state index is 0.744. The largest absolute Gasteiger partial charge is 0.317 e. The van der Waals surface area contributed by atoms with Gasteiger partial charge in [-0.1, -0.05) is 13.8 Å². The Morgan fingerprint density at radius 3 is 2.94 bits per heavy atom. The summed E-state index contributed by atoms with van der Waals surface area (Å²) in [5.41, 5.74) is 0. The van der Waals surface area contributed by atoms with Crippen LogP contribution in [0.15, 0.2) is 0 Å². The topological polar surface area (TPSA) is 18.5 Å². The maximum Gasteiger partial charge on any atom is 0.0224 e. The maximum atomic E-state index is 3.46. The lowest BCUT2D eigenvalue weighted by Gasteiger charge is -2.43. The molecule has 0 spiro atoms. The van der Waals surface area contributed by atoms with E-state index in [0.29, 0.717) is 0 Å². The van der Waals surface area contributed by atoms with Crippen molar-refractivity contribution in [1.82, 2.24) is 15.1 Å². The molecular weight excluding hydrogens is 210 g/mol. The van der Waals surface area contributed by atoms with E-state index in [2.05, 4.69) is 35.9 Å². The first-order valence-electron chi connectivity index (χ1n) is 7.39. The summed E-state index contributed by atoms with van der Waals surface area (Å²) in [6.07, 6.45) is 2.84. The molecule has 3 atom stereocenters. The fourth-order valence-electron chi connectivity index (χ4n) is 3.36. The first-order chi connectivity index (χ1) is 8.20. The zero-order valence-corrected chi connectivity index (χ0v) is 11.8. The van der Waals surface area contributed by atoms with Crippen LogP contribution in [0.4, 0.5) is 0 Å². The van der Waals surface area contributed by atoms with Gasteiger partial charge in [-0.2, -0.15) is 0 Å². The molecule has 0 aromatic rings. The number of hydrogen-bond donors (Lipinski definition) is 1. The highest BCUT2D eigenvalue weighted by Gasteiger charge is 2.34. The highest BCUT2D eigenvalue weighted by atomic mass is 15.3. The molecule has 2 saturated heterocycles. The summed E-state index contributed by atoms with van der Waals surface area (Å²) < 4.78 is 0. The summed E-state index contributed by atoms with van der Waals surface area (Å²) >= 11 is 0. The van der Waals surface area contributed by atoms with Crippen LogP contribution >= 0.6 is 0 Å². The van der Waals surface area contributed by atoms with Crippen LogP contribution in [0, 0.1) is 5.92 Å². The van der Waals surface area contributed by atoms with E-state index in [1.807, 2.05) is 0 Å². The minimum Gasteiger partial charge on any atom is -0.317 e. The SMILES string of the molecule is CCNCC(C)CN1CC2CCCN2CC1C. The van der Waals surface area contributed by atoms with E-state index in [4.69, 9.17) is 0 Å². The minimum absolute atomic E-state index is 0.744. The Hall–Kier alpha value is -0.120. The van der Waals surface area contributed by atoms with Gasteiger partial charge in [0.05, 0.1) is 0 Å². The fraction of sp³-hybridized carbons (Fsp3) is 1.00. The van der Waals surface area contributed by atoms with Crippen molar-refractivity contribution in [2.45, 2.75) is 45.7 Å². The monoisotopic (exact) mass is 239 g/mol. The quantitative estimate of drug-likeness (QED) is 0.782. The van der Waals surface area contributed by atoms with Gasteiger partial charge in [-0.25, -0.2) is 0 Å². The average molecular weight is 239 g/mol. The van der Waals surface area contributed by atoms with Crippen molar-refractivity contribution < 1.29 is 0 Å². The van der Waals surface area contributed by atoms with Crippen molar-refractivity contribution in [2.24, 2.45) is 5.92 Å². The summed E-state index contributed by atoms with van der Waals surface area (Å²) in [6, 6.07) is 1.60. The number of nitrogens with one attached hydrogen (secondary N) is 1. The Bertz CT molecular complexity index is 232. The predicted octanol–water partition coefficient (Wildman–Crippen LogP) is 1.40. The second-order valence-electron chi connectivity index (χ2n) is 6.01. The Kier molecular flexibility index (Phi) is 4.83. The summed E-state index contributed by atoms with van der Waals surface area (Å²) in [5.74, 6) is 0.769. The normalized spacial score (nSPS) is 32.6. The van der Waals surface area contributed by atoms with E-state index in [1.165, 1.54) is 39.0 Å². The molecule has 3 nitrogen and oxygen atoms in total. The predicted molar refractivity (Wildman–Crippen MR) is 73.3 cm³/mol. The number of nitrogens with zero attached hydrogens (tertiary/aromatic N) is 2. The zero-order chi connectivity index (χ0) is 12.3. The Morgan fingerprint density at radius 2 is 2.18 bits per heavy atom. The molecule has 0 saturated carbocycles. The van der Waals surface area contributed by atoms with E-state index < -0.39 is 0 Å². The summed E-state index contributed by atoms with van der Waals surface area (Å²) in [4.78, 5) is 5.42. The third kappa shape index (κ3) is 3.43. The fourth-order valence-corrected chi connectivity index (χ4v) is 3.36. The van der Waals surface area contributed by atoms with E-state index in [0.717, 1.165) is 31.1 Å². The first kappa shape index (κ1) is 13.3. The van der Waals surface area contributed by atoms with Crippen LogP contribution in [-0.4, -0.2) is 61.2 Å². The molecule has 100 valence electrons. The summed E-state index contributed by atoms with van der Waals surface area (Å²) in [6.45, 7) is 14.4. The smallest absolute Gasteiger partial charge is 0.0224 e. The lowest BCUT2D eigenvalue weighted by atomic mass is 10.0. The van der Waals surface area contributed by atoms with Crippen LogP contribution in [0.25, 0.3) is 0 Å². The molecule has 17 heavy (non-hydrogen) atoms. The second-order valence-corrected chi connectivity index (χ2v) is 6.01. The third-order valence-corrected chi connectivity index (χ3v) is 4.36. The van der Waals surface area contributed by atoms with Gasteiger partial charge in [0.2, 0.25) is 0 Å². The van der Waals surface area contributed by atoms with Gasteiger partial charge in [-0.05, 0) is 45.3 Å². The van der Waals surface area contributed by atoms with Gasteiger partial charge in [0.25, 0.3) is 0 Å². The van der Waals surface area contributed by atoms with Crippen LogP contribution in [0.5, 0.6) is 0 Å². The molecule has 2 aliphatic heterocycles. The molecule has 3 heteroatoms. The molecule has 2 rings (SSSR count). The molecule has 0 aliphatic carbocycles. The van der Waals surface area contributed by atoms with Gasteiger partial charge in [0.15, 0.2) is 0 Å². The van der Waals surface area contributed by atoms with E-state index in [-0.39, 0.29) is 0 Å². The number of rotatable bonds is 5. The molecule has 0 bridgehead atoms. The van der Waals surface area contributed by atoms with Gasteiger partial charge in [0.1, 0.15) is 0 Å². The van der Waals surface area contributed by atoms with Crippen LogP contribution in [0.3, 0.4) is 0 Å². The molecule has 0 radical (unpaired) electrons. The summed E-state index contributed by atoms with van der Waals surface area (Å²) in [7, 11) is 0. The van der Waals surface area contributed by atoms with Crippen molar-refractivity contribution in [1.29, 1.82) is 0 Å². The van der Waals surface area contributed by atoms with Gasteiger partial charge >= 0.3 is 0 Å². The third-order valence-electron chi connectivity index (χ3n) is 4.36. The molecule has 2 heterocycles. The summed E-state index contributed by atoms with van der Waals surface area (Å²) in [5, 5.41) is 3.46. The van der Waals surface area contributed by atoms with Crippen LogP contribution < -0.4 is 5.32 Å². The Balaban J connectivity index is 1.79. The first-order valence-corrected chi connectivity index (χ1v) is 7.39. The second kappa shape index (κ2) is 6.17. The molecule has 0 aromatic carbocycles. The van der Waals surface area contributed by atoms with Crippen molar-refractivity contribution in [3.05, 3.63) is 0 Å². The van der Waals surface area contributed by atoms with E-state index in [1.54, 1.807) is 0 Å². The van der Waals surface area contributed by atoms with Crippen molar-refractivity contribution in [3.63, 3.8) is 0 Å². The Labute approximate surface area is 107 Å². The van der Waals surface area contributed by atoms with E-state index >= 15 is 0 Å². The zero-order valence-electron chi connectivity index (χ0n) is 11.8. The highest BCUT2D eigenvalue weighted by Crippen LogP contribution is 2.24. The number of fused-ring (bicyclic) bond motifs is 1. The lowest BCUT2D eigenvalue weighted by Crippen LogP contribution is -2.56. The van der Waals surface area contributed by atoms with Gasteiger partial charge in [-0.3, -0.25) is 9.80 Å². The average Bonchev–Trinajstić information content (AvgIpc) is 2.74. The van der Waals surface area contributed by atoms with Gasteiger partial charge < -0.3 is 5.32 Å². The van der Waals surface area contributed by atoms with E-state index in [9.17, 15) is 0 Å². The lowest BCUT2D eigenvalue weighted by molar-refractivity contribution is 0.0499. The van der Waals surface area contributed by atoms with Crippen molar-refractivity contribution in [2.75, 3.05) is 39.3 Å². The molecule has 0 amide bonds. The number of hydrogen-bond acceptors (Lipinski definition) is 3.